The van der Waals surface area contributed by atoms with E-state index in [1.807, 2.05) is 19.1 Å². The van der Waals surface area contributed by atoms with Gasteiger partial charge < -0.3 is 10.7 Å². The van der Waals surface area contributed by atoms with Crippen molar-refractivity contribution in [2.45, 2.75) is 33.2 Å². The Morgan fingerprint density at radius 2 is 2.12 bits per heavy atom. The summed E-state index contributed by atoms with van der Waals surface area (Å²) in [5.41, 5.74) is 8.82. The van der Waals surface area contributed by atoms with E-state index in [0.717, 1.165) is 29.1 Å². The van der Waals surface area contributed by atoms with E-state index < -0.39 is 0 Å². The van der Waals surface area contributed by atoms with Gasteiger partial charge in [-0.25, -0.2) is 9.97 Å². The topological polar surface area (TPSA) is 67.6 Å². The summed E-state index contributed by atoms with van der Waals surface area (Å²) in [4.78, 5) is 12.1. The van der Waals surface area contributed by atoms with Gasteiger partial charge in [-0.15, -0.1) is 0 Å². The number of nitrogens with one attached hydrogen (secondary N) is 1. The van der Waals surface area contributed by atoms with Crippen molar-refractivity contribution < 1.29 is 0 Å². The molecule has 2 unspecified atom stereocenters. The second-order valence-corrected chi connectivity index (χ2v) is 4.36. The summed E-state index contributed by atoms with van der Waals surface area (Å²) in [5, 5.41) is 0. The predicted octanol–water partition coefficient (Wildman–Crippen LogP) is 2.31. The fourth-order valence-corrected chi connectivity index (χ4v) is 1.69. The molecule has 4 nitrogen and oxygen atoms in total. The van der Waals surface area contributed by atoms with Crippen LogP contribution in [0, 0.1) is 12.8 Å². The van der Waals surface area contributed by atoms with Crippen LogP contribution in [0.4, 0.5) is 0 Å². The van der Waals surface area contributed by atoms with E-state index in [9.17, 15) is 0 Å². The van der Waals surface area contributed by atoms with Crippen LogP contribution < -0.4 is 5.73 Å². The Labute approximate surface area is 95.3 Å². The molecule has 0 aromatic carbocycles. The molecule has 3 N–H and O–H groups in total. The van der Waals surface area contributed by atoms with Crippen molar-refractivity contribution in [2.75, 3.05) is 0 Å². The first-order valence-electron chi connectivity index (χ1n) is 5.70. The first-order valence-corrected chi connectivity index (χ1v) is 5.70. The number of rotatable bonds is 3. The average molecular weight is 218 g/mol. The maximum absolute atomic E-state index is 6.13. The van der Waals surface area contributed by atoms with Crippen LogP contribution in [0.25, 0.3) is 11.2 Å². The van der Waals surface area contributed by atoms with Gasteiger partial charge >= 0.3 is 0 Å². The lowest BCUT2D eigenvalue weighted by molar-refractivity contribution is 0.442. The molecule has 4 heteroatoms. The number of imidazole rings is 1. The molecular formula is C12H18N4. The van der Waals surface area contributed by atoms with Gasteiger partial charge in [0.1, 0.15) is 5.82 Å². The number of hydrogen-bond donors (Lipinski definition) is 2. The Balaban J connectivity index is 2.39. The van der Waals surface area contributed by atoms with Gasteiger partial charge in [0, 0.05) is 5.69 Å². The summed E-state index contributed by atoms with van der Waals surface area (Å²) in [6.07, 6.45) is 1.05. The van der Waals surface area contributed by atoms with Crippen molar-refractivity contribution in [3.63, 3.8) is 0 Å². The SMILES string of the molecule is CCC(C)C(N)c1nc2nc(C)ccc2[nH]1. The summed E-state index contributed by atoms with van der Waals surface area (Å²) < 4.78 is 0. The van der Waals surface area contributed by atoms with Crippen LogP contribution in [0.15, 0.2) is 12.1 Å². The number of aryl methyl sites for hydroxylation is 1. The van der Waals surface area contributed by atoms with E-state index in [1.165, 1.54) is 0 Å². The largest absolute Gasteiger partial charge is 0.339 e. The van der Waals surface area contributed by atoms with Crippen LogP contribution in [-0.4, -0.2) is 15.0 Å². The van der Waals surface area contributed by atoms with Gasteiger partial charge in [-0.2, -0.15) is 0 Å². The van der Waals surface area contributed by atoms with Crippen LogP contribution in [0.3, 0.4) is 0 Å². The third kappa shape index (κ3) is 1.93. The Kier molecular flexibility index (Phi) is 2.92. The highest BCUT2D eigenvalue weighted by atomic mass is 15.0. The molecule has 2 aromatic heterocycles. The first-order chi connectivity index (χ1) is 7.61. The molecule has 0 aliphatic heterocycles. The van der Waals surface area contributed by atoms with Crippen LogP contribution >= 0.6 is 0 Å². The van der Waals surface area contributed by atoms with Gasteiger partial charge in [0.2, 0.25) is 0 Å². The van der Waals surface area contributed by atoms with E-state index in [4.69, 9.17) is 5.73 Å². The summed E-state index contributed by atoms with van der Waals surface area (Å²) in [6, 6.07) is 3.93. The summed E-state index contributed by atoms with van der Waals surface area (Å²) in [6.45, 7) is 6.23. The number of H-pyrrole nitrogens is 1. The Hall–Kier alpha value is -1.42. The molecule has 0 bridgehead atoms. The van der Waals surface area contributed by atoms with Crippen molar-refractivity contribution in [1.82, 2.24) is 15.0 Å². The highest BCUT2D eigenvalue weighted by molar-refractivity contribution is 5.70. The Bertz CT molecular complexity index is 489. The molecule has 0 saturated heterocycles. The summed E-state index contributed by atoms with van der Waals surface area (Å²) in [7, 11) is 0. The molecule has 0 spiro atoms. The molecule has 0 amide bonds. The van der Waals surface area contributed by atoms with Gasteiger partial charge in [0.15, 0.2) is 5.65 Å². The normalized spacial score (nSPS) is 15.2. The van der Waals surface area contributed by atoms with Crippen molar-refractivity contribution in [1.29, 1.82) is 0 Å². The molecule has 2 heterocycles. The standard InChI is InChI=1S/C12H18N4/c1-4-7(2)10(13)12-15-9-6-5-8(3)14-11(9)16-12/h5-7,10H,4,13H2,1-3H3,(H,14,15,16). The minimum Gasteiger partial charge on any atom is -0.339 e. The number of pyridine rings is 1. The Morgan fingerprint density at radius 3 is 2.81 bits per heavy atom. The average Bonchev–Trinajstić information content (AvgIpc) is 2.69. The van der Waals surface area contributed by atoms with E-state index in [2.05, 4.69) is 28.8 Å². The quantitative estimate of drug-likeness (QED) is 0.830. The van der Waals surface area contributed by atoms with E-state index in [1.54, 1.807) is 0 Å². The molecule has 0 radical (unpaired) electrons. The maximum atomic E-state index is 6.13. The number of nitrogens with zero attached hydrogens (tertiary/aromatic N) is 2. The lowest BCUT2D eigenvalue weighted by atomic mass is 10.00. The number of aromatic amines is 1. The summed E-state index contributed by atoms with van der Waals surface area (Å²) in [5.74, 6) is 1.25. The van der Waals surface area contributed by atoms with E-state index in [0.29, 0.717) is 5.92 Å². The second-order valence-electron chi connectivity index (χ2n) is 4.36. The minimum atomic E-state index is -0.0421. The van der Waals surface area contributed by atoms with Gasteiger partial charge in [-0.3, -0.25) is 0 Å². The molecule has 0 aliphatic rings. The Morgan fingerprint density at radius 1 is 1.38 bits per heavy atom. The molecule has 2 atom stereocenters. The minimum absolute atomic E-state index is 0.0421. The van der Waals surface area contributed by atoms with Gasteiger partial charge in [-0.1, -0.05) is 20.3 Å². The number of nitrogens with two attached hydrogens (primary N) is 1. The number of fused-ring (bicyclic) bond motifs is 1. The van der Waals surface area contributed by atoms with Gasteiger partial charge in [-0.05, 0) is 25.0 Å². The number of hydrogen-bond acceptors (Lipinski definition) is 3. The fraction of sp³-hybridized carbons (Fsp3) is 0.500. The predicted molar refractivity (Wildman–Crippen MR) is 65.0 cm³/mol. The third-order valence-electron chi connectivity index (χ3n) is 3.08. The molecular weight excluding hydrogens is 200 g/mol. The third-order valence-corrected chi connectivity index (χ3v) is 3.08. The zero-order valence-corrected chi connectivity index (χ0v) is 9.99. The van der Waals surface area contributed by atoms with Crippen molar-refractivity contribution in [2.24, 2.45) is 11.7 Å². The zero-order valence-electron chi connectivity index (χ0n) is 9.99. The molecule has 0 fully saturated rings. The second kappa shape index (κ2) is 4.22. The summed E-state index contributed by atoms with van der Waals surface area (Å²) >= 11 is 0. The van der Waals surface area contributed by atoms with E-state index in [-0.39, 0.29) is 6.04 Å². The van der Waals surface area contributed by atoms with Crippen molar-refractivity contribution in [3.8, 4) is 0 Å². The van der Waals surface area contributed by atoms with Gasteiger partial charge in [0.25, 0.3) is 0 Å². The zero-order chi connectivity index (χ0) is 11.7. The van der Waals surface area contributed by atoms with E-state index >= 15 is 0 Å². The molecule has 0 saturated carbocycles. The molecule has 86 valence electrons. The maximum Gasteiger partial charge on any atom is 0.177 e. The monoisotopic (exact) mass is 218 g/mol. The highest BCUT2D eigenvalue weighted by Gasteiger charge is 2.17. The first kappa shape index (κ1) is 11.1. The smallest absolute Gasteiger partial charge is 0.177 e. The van der Waals surface area contributed by atoms with Crippen LogP contribution in [-0.2, 0) is 0 Å². The molecule has 2 rings (SSSR count). The number of aromatic nitrogens is 3. The fourth-order valence-electron chi connectivity index (χ4n) is 1.69. The lowest BCUT2D eigenvalue weighted by Crippen LogP contribution is -2.19. The van der Waals surface area contributed by atoms with Crippen molar-refractivity contribution in [3.05, 3.63) is 23.7 Å². The van der Waals surface area contributed by atoms with Crippen LogP contribution in [0.2, 0.25) is 0 Å². The van der Waals surface area contributed by atoms with Crippen LogP contribution in [0.5, 0.6) is 0 Å². The van der Waals surface area contributed by atoms with Crippen LogP contribution in [0.1, 0.15) is 37.8 Å². The lowest BCUT2D eigenvalue weighted by Gasteiger charge is -2.15. The van der Waals surface area contributed by atoms with Gasteiger partial charge in [0.05, 0.1) is 11.6 Å². The molecule has 16 heavy (non-hydrogen) atoms. The molecule has 0 aliphatic carbocycles. The molecule has 2 aromatic rings. The van der Waals surface area contributed by atoms with Crippen molar-refractivity contribution >= 4 is 11.2 Å². The highest BCUT2D eigenvalue weighted by Crippen LogP contribution is 2.21.